The summed E-state index contributed by atoms with van der Waals surface area (Å²) < 4.78 is 36.1. The number of rotatable bonds is 8. The van der Waals surface area contributed by atoms with Crippen molar-refractivity contribution in [3.63, 3.8) is 0 Å². The summed E-state index contributed by atoms with van der Waals surface area (Å²) in [7, 11) is -3.83. The molecule has 188 valence electrons. The predicted molar refractivity (Wildman–Crippen MR) is 142 cm³/mol. The van der Waals surface area contributed by atoms with Gasteiger partial charge in [-0.05, 0) is 78.4 Å². The van der Waals surface area contributed by atoms with E-state index in [9.17, 15) is 22.4 Å². The van der Waals surface area contributed by atoms with E-state index < -0.39 is 21.1 Å². The molecule has 0 spiro atoms. The molecule has 4 N–H and O–H groups in total. The van der Waals surface area contributed by atoms with Crippen LogP contribution in [-0.2, 0) is 14.8 Å². The predicted octanol–water partition coefficient (Wildman–Crippen LogP) is 5.20. The van der Waals surface area contributed by atoms with Crippen LogP contribution in [0.25, 0.3) is 0 Å². The number of nitrogens with two attached hydrogens (primary N) is 1. The number of primary sulfonamides is 1. The lowest BCUT2D eigenvalue weighted by Gasteiger charge is -2.17. The highest BCUT2D eigenvalue weighted by Gasteiger charge is 2.22. The van der Waals surface area contributed by atoms with Gasteiger partial charge in [-0.25, -0.2) is 17.9 Å². The zero-order chi connectivity index (χ0) is 26.4. The highest BCUT2D eigenvalue weighted by molar-refractivity contribution is 8.00. The number of thioether (sulfide) groups is 1. The van der Waals surface area contributed by atoms with Crippen LogP contribution in [0, 0.1) is 5.82 Å². The van der Waals surface area contributed by atoms with Crippen LogP contribution < -0.4 is 15.8 Å². The Balaban J connectivity index is 1.48. The Bertz CT molecular complexity index is 1490. The van der Waals surface area contributed by atoms with Crippen molar-refractivity contribution >= 4 is 45.0 Å². The normalized spacial score (nSPS) is 11.9. The third-order valence-electron chi connectivity index (χ3n) is 5.26. The molecule has 0 aliphatic heterocycles. The van der Waals surface area contributed by atoms with Crippen molar-refractivity contribution in [3.8, 4) is 0 Å². The van der Waals surface area contributed by atoms with E-state index in [2.05, 4.69) is 10.6 Å². The molecule has 10 heteroatoms. The SMILES string of the molecule is NS(=O)(=O)c1ccc(NC(=O)C(Sc2ccc(NC(=O)c3ccc(F)cc3)cc2)c2ccccc2)cc1. The highest BCUT2D eigenvalue weighted by Crippen LogP contribution is 2.36. The number of hydrogen-bond donors (Lipinski definition) is 3. The monoisotopic (exact) mass is 535 g/mol. The molecule has 1 atom stereocenters. The van der Waals surface area contributed by atoms with Gasteiger partial charge in [-0.2, -0.15) is 0 Å². The molecule has 2 amide bonds. The van der Waals surface area contributed by atoms with Gasteiger partial charge in [-0.1, -0.05) is 30.3 Å². The molecule has 4 aromatic carbocycles. The van der Waals surface area contributed by atoms with E-state index in [1.807, 2.05) is 30.3 Å². The summed E-state index contributed by atoms with van der Waals surface area (Å²) in [5.41, 5.74) is 2.09. The van der Waals surface area contributed by atoms with E-state index in [0.717, 1.165) is 10.5 Å². The highest BCUT2D eigenvalue weighted by atomic mass is 32.2. The lowest BCUT2D eigenvalue weighted by Crippen LogP contribution is -2.19. The molecule has 0 aliphatic rings. The van der Waals surface area contributed by atoms with E-state index in [-0.39, 0.29) is 16.7 Å². The summed E-state index contributed by atoms with van der Waals surface area (Å²) in [5, 5.41) is 10.1. The number of sulfonamides is 1. The molecule has 7 nitrogen and oxygen atoms in total. The Kier molecular flexibility index (Phi) is 8.02. The summed E-state index contributed by atoms with van der Waals surface area (Å²) in [5.74, 6) is -1.08. The smallest absolute Gasteiger partial charge is 0.255 e. The first kappa shape index (κ1) is 26.1. The van der Waals surface area contributed by atoms with Crippen LogP contribution in [0.4, 0.5) is 15.8 Å². The minimum absolute atomic E-state index is 0.0499. The van der Waals surface area contributed by atoms with Crippen LogP contribution in [-0.4, -0.2) is 20.2 Å². The molecule has 0 saturated heterocycles. The summed E-state index contributed by atoms with van der Waals surface area (Å²) in [6.07, 6.45) is 0. The minimum Gasteiger partial charge on any atom is -0.325 e. The number of amides is 2. The molecule has 0 heterocycles. The maximum Gasteiger partial charge on any atom is 0.255 e. The Morgan fingerprint density at radius 3 is 1.92 bits per heavy atom. The van der Waals surface area contributed by atoms with Crippen LogP contribution in [0.1, 0.15) is 21.2 Å². The average molecular weight is 536 g/mol. The van der Waals surface area contributed by atoms with Gasteiger partial charge in [0.05, 0.1) is 4.90 Å². The van der Waals surface area contributed by atoms with Gasteiger partial charge < -0.3 is 10.6 Å². The van der Waals surface area contributed by atoms with Crippen LogP contribution in [0.3, 0.4) is 0 Å². The molecule has 37 heavy (non-hydrogen) atoms. The molecule has 1 unspecified atom stereocenters. The number of carbonyl (C=O) groups excluding carboxylic acids is 2. The third kappa shape index (κ3) is 7.04. The Morgan fingerprint density at radius 1 is 0.757 bits per heavy atom. The van der Waals surface area contributed by atoms with Crippen LogP contribution in [0.15, 0.2) is 113 Å². The number of nitrogens with one attached hydrogen (secondary N) is 2. The molecular weight excluding hydrogens is 513 g/mol. The van der Waals surface area contributed by atoms with Gasteiger partial charge in [0.2, 0.25) is 15.9 Å². The number of halogens is 1. The summed E-state index contributed by atoms with van der Waals surface area (Å²) >= 11 is 1.32. The second kappa shape index (κ2) is 11.4. The number of anilines is 2. The van der Waals surface area contributed by atoms with Gasteiger partial charge in [-0.15, -0.1) is 11.8 Å². The van der Waals surface area contributed by atoms with Gasteiger partial charge >= 0.3 is 0 Å². The van der Waals surface area contributed by atoms with E-state index in [1.165, 1.54) is 60.3 Å². The average Bonchev–Trinajstić information content (AvgIpc) is 2.89. The molecule has 0 radical (unpaired) electrons. The van der Waals surface area contributed by atoms with Crippen LogP contribution in [0.2, 0.25) is 0 Å². The molecule has 4 rings (SSSR count). The number of carbonyl (C=O) groups is 2. The summed E-state index contributed by atoms with van der Waals surface area (Å²) in [6.45, 7) is 0. The lowest BCUT2D eigenvalue weighted by molar-refractivity contribution is -0.115. The van der Waals surface area contributed by atoms with E-state index in [0.29, 0.717) is 16.9 Å². The molecule has 0 aliphatic carbocycles. The van der Waals surface area contributed by atoms with Gasteiger partial charge in [0.1, 0.15) is 11.1 Å². The number of hydrogen-bond acceptors (Lipinski definition) is 5. The fourth-order valence-electron chi connectivity index (χ4n) is 3.39. The van der Waals surface area contributed by atoms with Crippen molar-refractivity contribution < 1.29 is 22.4 Å². The molecule has 0 saturated carbocycles. The molecule has 0 aromatic heterocycles. The summed E-state index contributed by atoms with van der Waals surface area (Å²) in [6, 6.07) is 27.1. The first-order chi connectivity index (χ1) is 17.7. The lowest BCUT2D eigenvalue weighted by atomic mass is 10.1. The maximum absolute atomic E-state index is 13.2. The van der Waals surface area contributed by atoms with E-state index >= 15 is 0 Å². The standard InChI is InChI=1S/C27H22FN3O4S2/c28-20-8-6-19(7-9-20)26(32)30-21-10-14-23(15-11-21)36-25(18-4-2-1-3-5-18)27(33)31-22-12-16-24(17-13-22)37(29,34)35/h1-17,25H,(H,30,32)(H,31,33)(H2,29,34,35). The Morgan fingerprint density at radius 2 is 1.32 bits per heavy atom. The van der Waals surface area contributed by atoms with Crippen molar-refractivity contribution in [1.82, 2.24) is 0 Å². The molecular formula is C27H22FN3O4S2. The zero-order valence-corrected chi connectivity index (χ0v) is 20.9. The van der Waals surface area contributed by atoms with Crippen LogP contribution >= 0.6 is 11.8 Å². The third-order valence-corrected chi connectivity index (χ3v) is 7.46. The van der Waals surface area contributed by atoms with Crippen molar-refractivity contribution in [1.29, 1.82) is 0 Å². The second-order valence-electron chi connectivity index (χ2n) is 7.95. The van der Waals surface area contributed by atoms with Gasteiger partial charge in [0.25, 0.3) is 5.91 Å². The van der Waals surface area contributed by atoms with Crippen LogP contribution in [0.5, 0.6) is 0 Å². The molecule has 4 aromatic rings. The van der Waals surface area contributed by atoms with Crippen molar-refractivity contribution in [2.45, 2.75) is 15.0 Å². The van der Waals surface area contributed by atoms with E-state index in [1.54, 1.807) is 24.3 Å². The van der Waals surface area contributed by atoms with Crippen molar-refractivity contribution in [2.75, 3.05) is 10.6 Å². The summed E-state index contributed by atoms with van der Waals surface area (Å²) in [4.78, 5) is 26.3. The zero-order valence-electron chi connectivity index (χ0n) is 19.3. The fraction of sp³-hybridized carbons (Fsp3) is 0.0370. The van der Waals surface area contributed by atoms with Gasteiger partial charge in [0, 0.05) is 21.8 Å². The first-order valence-corrected chi connectivity index (χ1v) is 13.4. The Hall–Kier alpha value is -3.99. The van der Waals surface area contributed by atoms with Gasteiger partial charge in [0.15, 0.2) is 0 Å². The van der Waals surface area contributed by atoms with Crippen molar-refractivity contribution in [2.24, 2.45) is 5.14 Å². The van der Waals surface area contributed by atoms with Crippen molar-refractivity contribution in [3.05, 3.63) is 120 Å². The quantitative estimate of drug-likeness (QED) is 0.268. The second-order valence-corrected chi connectivity index (χ2v) is 10.7. The fourth-order valence-corrected chi connectivity index (χ4v) is 4.93. The largest absolute Gasteiger partial charge is 0.325 e. The Labute approximate surface area is 218 Å². The molecule has 0 fully saturated rings. The van der Waals surface area contributed by atoms with Gasteiger partial charge in [-0.3, -0.25) is 9.59 Å². The first-order valence-electron chi connectivity index (χ1n) is 11.0. The molecule has 0 bridgehead atoms. The topological polar surface area (TPSA) is 118 Å². The maximum atomic E-state index is 13.2. The minimum atomic E-state index is -3.83. The number of benzene rings is 4. The van der Waals surface area contributed by atoms with E-state index in [4.69, 9.17) is 5.14 Å².